The summed E-state index contributed by atoms with van der Waals surface area (Å²) in [4.78, 5) is 25.9. The molecule has 152 valence electrons. The van der Waals surface area contributed by atoms with E-state index < -0.39 is 17.3 Å². The van der Waals surface area contributed by atoms with Crippen LogP contribution in [0.25, 0.3) is 0 Å². The molecule has 1 aliphatic heterocycles. The summed E-state index contributed by atoms with van der Waals surface area (Å²) in [6, 6.07) is 5.27. The maximum absolute atomic E-state index is 13.3. The van der Waals surface area contributed by atoms with Crippen molar-refractivity contribution in [2.24, 2.45) is 0 Å². The van der Waals surface area contributed by atoms with Gasteiger partial charge in [0, 0.05) is 18.7 Å². The van der Waals surface area contributed by atoms with Crippen molar-refractivity contribution in [3.63, 3.8) is 0 Å². The van der Waals surface area contributed by atoms with Gasteiger partial charge >= 0.3 is 6.18 Å². The highest BCUT2D eigenvalue weighted by Gasteiger charge is 2.33. The SMILES string of the molecule is O=c1[nH]ncc(N2CCc3c(c(=O)[nH]n3Cc3ccccc3C(F)(F)F)C2)c1Cl. The van der Waals surface area contributed by atoms with Crippen molar-refractivity contribution in [2.75, 3.05) is 11.4 Å². The van der Waals surface area contributed by atoms with Crippen LogP contribution >= 0.6 is 11.6 Å². The van der Waals surface area contributed by atoms with E-state index in [1.54, 1.807) is 4.90 Å². The summed E-state index contributed by atoms with van der Waals surface area (Å²) < 4.78 is 41.3. The lowest BCUT2D eigenvalue weighted by molar-refractivity contribution is -0.138. The van der Waals surface area contributed by atoms with Crippen molar-refractivity contribution in [2.45, 2.75) is 25.7 Å². The van der Waals surface area contributed by atoms with Crippen molar-refractivity contribution >= 4 is 17.3 Å². The molecule has 0 amide bonds. The molecule has 0 atom stereocenters. The summed E-state index contributed by atoms with van der Waals surface area (Å²) in [5, 5.41) is 8.56. The van der Waals surface area contributed by atoms with Gasteiger partial charge in [0.2, 0.25) is 0 Å². The lowest BCUT2D eigenvalue weighted by Gasteiger charge is -2.29. The highest BCUT2D eigenvalue weighted by Crippen LogP contribution is 2.32. The Morgan fingerprint density at radius 3 is 2.69 bits per heavy atom. The Balaban J connectivity index is 1.67. The second kappa shape index (κ2) is 7.11. The molecule has 2 N–H and O–H groups in total. The molecule has 0 spiro atoms. The van der Waals surface area contributed by atoms with Gasteiger partial charge in [-0.3, -0.25) is 19.4 Å². The van der Waals surface area contributed by atoms with Crippen molar-refractivity contribution in [3.8, 4) is 0 Å². The second-order valence-electron chi connectivity index (χ2n) is 6.68. The maximum Gasteiger partial charge on any atom is 0.416 e. The van der Waals surface area contributed by atoms with Gasteiger partial charge in [-0.05, 0) is 11.6 Å². The summed E-state index contributed by atoms with van der Waals surface area (Å²) in [5.74, 6) is 0. The number of rotatable bonds is 3. The molecule has 0 saturated heterocycles. The number of aromatic amines is 2. The first-order valence-corrected chi connectivity index (χ1v) is 9.07. The number of nitrogens with zero attached hydrogens (tertiary/aromatic N) is 3. The molecule has 0 aliphatic carbocycles. The van der Waals surface area contributed by atoms with Gasteiger partial charge in [-0.25, -0.2) is 5.10 Å². The molecular weight excluding hydrogens is 411 g/mol. The average molecular weight is 426 g/mol. The lowest BCUT2D eigenvalue weighted by atomic mass is 10.1. The van der Waals surface area contributed by atoms with Gasteiger partial charge in [0.25, 0.3) is 11.1 Å². The van der Waals surface area contributed by atoms with Crippen LogP contribution in [0.3, 0.4) is 0 Å². The van der Waals surface area contributed by atoms with Gasteiger partial charge in [0.15, 0.2) is 0 Å². The fourth-order valence-corrected chi connectivity index (χ4v) is 3.76. The molecule has 1 aromatic carbocycles. The predicted octanol–water partition coefficient (Wildman–Crippen LogP) is 2.54. The van der Waals surface area contributed by atoms with Crippen molar-refractivity contribution in [3.05, 3.63) is 78.6 Å². The Hall–Kier alpha value is -3.01. The highest BCUT2D eigenvalue weighted by molar-refractivity contribution is 6.32. The first-order valence-electron chi connectivity index (χ1n) is 8.69. The third-order valence-electron chi connectivity index (χ3n) is 4.92. The number of nitrogens with one attached hydrogen (secondary N) is 2. The number of anilines is 1. The van der Waals surface area contributed by atoms with Crippen molar-refractivity contribution in [1.82, 2.24) is 20.0 Å². The second-order valence-corrected chi connectivity index (χ2v) is 7.06. The summed E-state index contributed by atoms with van der Waals surface area (Å²) in [7, 11) is 0. The van der Waals surface area contributed by atoms with Crippen LogP contribution in [0.4, 0.5) is 18.9 Å². The molecule has 0 unspecified atom stereocenters. The molecule has 0 fully saturated rings. The molecule has 2 aromatic heterocycles. The van der Waals surface area contributed by atoms with Crippen LogP contribution in [0.15, 0.2) is 40.1 Å². The van der Waals surface area contributed by atoms with Crippen LogP contribution in [0.5, 0.6) is 0 Å². The molecule has 7 nitrogen and oxygen atoms in total. The summed E-state index contributed by atoms with van der Waals surface area (Å²) in [5.41, 5.74) is -0.126. The zero-order valence-corrected chi connectivity index (χ0v) is 15.6. The largest absolute Gasteiger partial charge is 0.416 e. The predicted molar refractivity (Wildman–Crippen MR) is 100 cm³/mol. The van der Waals surface area contributed by atoms with E-state index in [9.17, 15) is 22.8 Å². The van der Waals surface area contributed by atoms with E-state index in [1.165, 1.54) is 29.1 Å². The topological polar surface area (TPSA) is 86.8 Å². The lowest BCUT2D eigenvalue weighted by Crippen LogP contribution is -2.34. The first-order chi connectivity index (χ1) is 13.8. The van der Waals surface area contributed by atoms with E-state index in [0.29, 0.717) is 29.9 Å². The number of aromatic nitrogens is 4. The van der Waals surface area contributed by atoms with Gasteiger partial charge < -0.3 is 4.90 Å². The van der Waals surface area contributed by atoms with Crippen LogP contribution in [0.1, 0.15) is 22.4 Å². The molecular formula is C18H15ClF3N5O2. The fraction of sp³-hybridized carbons (Fsp3) is 0.278. The third kappa shape index (κ3) is 3.55. The van der Waals surface area contributed by atoms with Crippen LogP contribution in [0.2, 0.25) is 5.02 Å². The Bertz CT molecular complexity index is 1180. The monoisotopic (exact) mass is 425 g/mol. The Morgan fingerprint density at radius 1 is 1.17 bits per heavy atom. The molecule has 3 heterocycles. The first kappa shape index (κ1) is 19.3. The molecule has 0 radical (unpaired) electrons. The zero-order valence-electron chi connectivity index (χ0n) is 14.9. The number of hydrogen-bond acceptors (Lipinski definition) is 4. The van der Waals surface area contributed by atoms with Gasteiger partial charge in [0.1, 0.15) is 5.02 Å². The Kier molecular flexibility index (Phi) is 4.73. The average Bonchev–Trinajstić information content (AvgIpc) is 2.98. The van der Waals surface area contributed by atoms with Crippen LogP contribution in [-0.4, -0.2) is 26.5 Å². The number of benzene rings is 1. The Morgan fingerprint density at radius 2 is 1.93 bits per heavy atom. The molecule has 3 aromatic rings. The van der Waals surface area contributed by atoms with Gasteiger partial charge in [-0.1, -0.05) is 29.8 Å². The van der Waals surface area contributed by atoms with E-state index in [2.05, 4.69) is 15.3 Å². The quantitative estimate of drug-likeness (QED) is 0.675. The van der Waals surface area contributed by atoms with Crippen molar-refractivity contribution in [1.29, 1.82) is 0 Å². The number of H-pyrrole nitrogens is 2. The Labute approximate surface area is 166 Å². The minimum atomic E-state index is -4.48. The van der Waals surface area contributed by atoms with Crippen LogP contribution < -0.4 is 16.0 Å². The van der Waals surface area contributed by atoms with Gasteiger partial charge in [-0.15, -0.1) is 0 Å². The maximum atomic E-state index is 13.3. The van der Waals surface area contributed by atoms with Crippen LogP contribution in [0, 0.1) is 0 Å². The normalized spacial score (nSPS) is 14.1. The van der Waals surface area contributed by atoms with Gasteiger partial charge in [0.05, 0.1) is 36.1 Å². The molecule has 0 bridgehead atoms. The number of halogens is 4. The molecule has 4 rings (SSSR count). The summed E-state index contributed by atoms with van der Waals surface area (Å²) in [6.45, 7) is 0.493. The number of fused-ring (bicyclic) bond motifs is 1. The smallest absolute Gasteiger partial charge is 0.364 e. The fourth-order valence-electron chi connectivity index (χ4n) is 3.55. The minimum absolute atomic E-state index is 0.0292. The standard InChI is InChI=1S/C18H15ClF3N5O2/c19-15-14(7-23-24-17(15)29)26-6-5-13-11(9-26)16(28)25-27(13)8-10-3-1-2-4-12(10)18(20,21)22/h1-4,7H,5-6,8-9H2,(H,24,29)(H,25,28). The summed E-state index contributed by atoms with van der Waals surface area (Å²) >= 11 is 6.04. The van der Waals surface area contributed by atoms with E-state index >= 15 is 0 Å². The van der Waals surface area contributed by atoms with E-state index in [-0.39, 0.29) is 29.2 Å². The summed E-state index contributed by atoms with van der Waals surface area (Å²) in [6.07, 6.45) is -2.68. The third-order valence-corrected chi connectivity index (χ3v) is 5.29. The van der Waals surface area contributed by atoms with E-state index in [4.69, 9.17) is 11.6 Å². The zero-order chi connectivity index (χ0) is 20.8. The van der Waals surface area contributed by atoms with Crippen molar-refractivity contribution < 1.29 is 13.2 Å². The minimum Gasteiger partial charge on any atom is -0.364 e. The number of alkyl halides is 3. The van der Waals surface area contributed by atoms with Gasteiger partial charge in [-0.2, -0.15) is 18.3 Å². The van der Waals surface area contributed by atoms with Crippen LogP contribution in [-0.2, 0) is 25.7 Å². The molecule has 11 heteroatoms. The van der Waals surface area contributed by atoms with E-state index in [1.807, 2.05) is 0 Å². The molecule has 29 heavy (non-hydrogen) atoms. The van der Waals surface area contributed by atoms with E-state index in [0.717, 1.165) is 6.07 Å². The molecule has 1 aliphatic rings. The number of hydrogen-bond donors (Lipinski definition) is 2. The highest BCUT2D eigenvalue weighted by atomic mass is 35.5. The molecule has 0 saturated carbocycles.